The van der Waals surface area contributed by atoms with Gasteiger partial charge in [0.2, 0.25) is 0 Å². The number of aliphatic hydroxyl groups excluding tert-OH is 1. The van der Waals surface area contributed by atoms with Gasteiger partial charge in [0.1, 0.15) is 11.8 Å². The predicted octanol–water partition coefficient (Wildman–Crippen LogP) is 1.70. The van der Waals surface area contributed by atoms with Crippen LogP contribution in [0.1, 0.15) is 31.0 Å². The predicted molar refractivity (Wildman–Crippen MR) is 67.9 cm³/mol. The Labute approximate surface area is 107 Å². The Bertz CT molecular complexity index is 427. The van der Waals surface area contributed by atoms with Gasteiger partial charge in [-0.3, -0.25) is 0 Å². The number of nitrogens with two attached hydrogens (primary N) is 1. The zero-order valence-electron chi connectivity index (χ0n) is 9.84. The van der Waals surface area contributed by atoms with Crippen molar-refractivity contribution < 1.29 is 10.2 Å². The first-order valence-corrected chi connectivity index (χ1v) is 5.02. The molecule has 4 nitrogen and oxygen atoms in total. The third kappa shape index (κ3) is 3.10. The highest BCUT2D eigenvalue weighted by molar-refractivity contribution is 5.85. The number of hydrogen-bond donors (Lipinski definition) is 3. The molecule has 0 unspecified atom stereocenters. The monoisotopic (exact) mass is 256 g/mol. The Balaban J connectivity index is 0.00000256. The van der Waals surface area contributed by atoms with Crippen LogP contribution in [0.4, 0.5) is 0 Å². The molecule has 0 aliphatic carbocycles. The van der Waals surface area contributed by atoms with Crippen molar-refractivity contribution in [2.24, 2.45) is 11.1 Å². The first-order chi connectivity index (χ1) is 7.44. The molecule has 94 valence electrons. The molecule has 17 heavy (non-hydrogen) atoms. The summed E-state index contributed by atoms with van der Waals surface area (Å²) in [6, 6.07) is 6.23. The molecule has 0 amide bonds. The third-order valence-electron chi connectivity index (χ3n) is 2.77. The lowest BCUT2D eigenvalue weighted by atomic mass is 9.81. The van der Waals surface area contributed by atoms with Crippen LogP contribution in [-0.2, 0) is 0 Å². The van der Waals surface area contributed by atoms with Gasteiger partial charge in [0.05, 0.1) is 5.56 Å². The van der Waals surface area contributed by atoms with E-state index in [1.165, 1.54) is 6.07 Å². The lowest BCUT2D eigenvalue weighted by Gasteiger charge is -2.30. The molecule has 1 aromatic rings. The molecule has 0 radical (unpaired) electrons. The van der Waals surface area contributed by atoms with Crippen LogP contribution in [0.2, 0.25) is 0 Å². The van der Waals surface area contributed by atoms with Gasteiger partial charge in [0.15, 0.2) is 0 Å². The largest absolute Gasteiger partial charge is 0.506 e. The number of hydrogen-bond acceptors (Lipinski definition) is 4. The molecule has 5 heteroatoms. The van der Waals surface area contributed by atoms with E-state index in [1.807, 2.05) is 6.07 Å². The standard InChI is InChI=1S/C12H16N2O2.ClH/c1-12(2,7-15)11(14)9-5-3-4-8(6-13)10(9)16;/h3-5,11,15-16H,7,14H2,1-2H3;1H/t11-;/m1./s1. The molecule has 0 aliphatic rings. The van der Waals surface area contributed by atoms with E-state index in [9.17, 15) is 10.2 Å². The number of benzene rings is 1. The lowest BCUT2D eigenvalue weighted by Crippen LogP contribution is -2.32. The second-order valence-corrected chi connectivity index (χ2v) is 4.48. The summed E-state index contributed by atoms with van der Waals surface area (Å²) >= 11 is 0. The molecule has 0 bridgehead atoms. The normalized spacial score (nSPS) is 12.4. The number of phenols is 1. The highest BCUT2D eigenvalue weighted by atomic mass is 35.5. The number of para-hydroxylation sites is 1. The lowest BCUT2D eigenvalue weighted by molar-refractivity contribution is 0.131. The molecule has 4 N–H and O–H groups in total. The van der Waals surface area contributed by atoms with Gasteiger partial charge in [-0.1, -0.05) is 26.0 Å². The van der Waals surface area contributed by atoms with Crippen LogP contribution in [0.5, 0.6) is 5.75 Å². The Kier molecular flexibility index (Phi) is 5.43. The van der Waals surface area contributed by atoms with Crippen LogP contribution in [0.15, 0.2) is 18.2 Å². The topological polar surface area (TPSA) is 90.3 Å². The molecule has 0 saturated carbocycles. The van der Waals surface area contributed by atoms with Crippen LogP contribution >= 0.6 is 12.4 Å². The summed E-state index contributed by atoms with van der Waals surface area (Å²) in [7, 11) is 0. The fourth-order valence-electron chi connectivity index (χ4n) is 1.42. The summed E-state index contributed by atoms with van der Waals surface area (Å²) in [5, 5.41) is 27.8. The van der Waals surface area contributed by atoms with E-state index < -0.39 is 11.5 Å². The Morgan fingerprint density at radius 2 is 2.06 bits per heavy atom. The van der Waals surface area contributed by atoms with Crippen molar-refractivity contribution in [3.63, 3.8) is 0 Å². The van der Waals surface area contributed by atoms with Crippen molar-refractivity contribution in [3.05, 3.63) is 29.3 Å². The summed E-state index contributed by atoms with van der Waals surface area (Å²) in [6.07, 6.45) is 0. The van der Waals surface area contributed by atoms with Crippen molar-refractivity contribution in [1.29, 1.82) is 5.26 Å². The molecule has 0 aliphatic heterocycles. The Hall–Kier alpha value is -1.28. The van der Waals surface area contributed by atoms with Crippen molar-refractivity contribution in [3.8, 4) is 11.8 Å². The molecule has 0 saturated heterocycles. The van der Waals surface area contributed by atoms with Gasteiger partial charge in [0, 0.05) is 23.6 Å². The minimum absolute atomic E-state index is 0. The minimum atomic E-state index is -0.550. The van der Waals surface area contributed by atoms with E-state index in [4.69, 9.17) is 11.0 Å². The number of nitrogens with zero attached hydrogens (tertiary/aromatic N) is 1. The summed E-state index contributed by atoms with van der Waals surface area (Å²) < 4.78 is 0. The maximum atomic E-state index is 9.83. The molecule has 0 aromatic heterocycles. The maximum absolute atomic E-state index is 9.83. The van der Waals surface area contributed by atoms with Crippen molar-refractivity contribution in [2.45, 2.75) is 19.9 Å². The number of nitriles is 1. The number of aromatic hydroxyl groups is 1. The fraction of sp³-hybridized carbons (Fsp3) is 0.417. The average molecular weight is 257 g/mol. The van der Waals surface area contributed by atoms with Crippen LogP contribution in [-0.4, -0.2) is 16.8 Å². The van der Waals surface area contributed by atoms with Crippen LogP contribution in [0, 0.1) is 16.7 Å². The van der Waals surface area contributed by atoms with E-state index in [0.29, 0.717) is 5.56 Å². The van der Waals surface area contributed by atoms with E-state index in [-0.39, 0.29) is 30.3 Å². The Morgan fingerprint density at radius 1 is 1.47 bits per heavy atom. The zero-order valence-corrected chi connectivity index (χ0v) is 10.7. The van der Waals surface area contributed by atoms with E-state index in [2.05, 4.69) is 0 Å². The van der Waals surface area contributed by atoms with Gasteiger partial charge in [-0.25, -0.2) is 0 Å². The van der Waals surface area contributed by atoms with Gasteiger partial charge in [-0.15, -0.1) is 12.4 Å². The molecule has 1 atom stereocenters. The Morgan fingerprint density at radius 3 is 2.53 bits per heavy atom. The summed E-state index contributed by atoms with van der Waals surface area (Å²) in [5.74, 6) is -0.0981. The number of rotatable bonds is 3. The molecule has 0 heterocycles. The molecule has 0 spiro atoms. The number of aliphatic hydroxyl groups is 1. The smallest absolute Gasteiger partial charge is 0.138 e. The first kappa shape index (κ1) is 15.7. The van der Waals surface area contributed by atoms with E-state index >= 15 is 0 Å². The van der Waals surface area contributed by atoms with Gasteiger partial charge < -0.3 is 15.9 Å². The van der Waals surface area contributed by atoms with Crippen LogP contribution in [0.3, 0.4) is 0 Å². The molecular formula is C12H17ClN2O2. The van der Waals surface area contributed by atoms with Crippen molar-refractivity contribution in [2.75, 3.05) is 6.61 Å². The quantitative estimate of drug-likeness (QED) is 0.768. The fourth-order valence-corrected chi connectivity index (χ4v) is 1.42. The average Bonchev–Trinajstić information content (AvgIpc) is 2.28. The SMILES string of the molecule is CC(C)(CO)[C@H](N)c1cccc(C#N)c1O.Cl. The van der Waals surface area contributed by atoms with E-state index in [0.717, 1.165) is 0 Å². The summed E-state index contributed by atoms with van der Waals surface area (Å²) in [4.78, 5) is 0. The van der Waals surface area contributed by atoms with Gasteiger partial charge >= 0.3 is 0 Å². The highest BCUT2D eigenvalue weighted by Gasteiger charge is 2.29. The molecular weight excluding hydrogens is 240 g/mol. The van der Waals surface area contributed by atoms with Crippen LogP contribution < -0.4 is 5.73 Å². The second kappa shape index (κ2) is 5.87. The molecule has 0 fully saturated rings. The van der Waals surface area contributed by atoms with Gasteiger partial charge in [0.25, 0.3) is 0 Å². The first-order valence-electron chi connectivity index (χ1n) is 5.02. The molecule has 1 aromatic carbocycles. The summed E-state index contributed by atoms with van der Waals surface area (Å²) in [6.45, 7) is 3.51. The highest BCUT2D eigenvalue weighted by Crippen LogP contribution is 2.36. The molecule has 1 rings (SSSR count). The number of phenolic OH excluding ortho intramolecular Hbond substituents is 1. The second-order valence-electron chi connectivity index (χ2n) is 4.48. The van der Waals surface area contributed by atoms with Crippen molar-refractivity contribution in [1.82, 2.24) is 0 Å². The summed E-state index contributed by atoms with van der Waals surface area (Å²) in [5.41, 5.74) is 6.11. The van der Waals surface area contributed by atoms with Crippen molar-refractivity contribution >= 4 is 12.4 Å². The van der Waals surface area contributed by atoms with Gasteiger partial charge in [-0.2, -0.15) is 5.26 Å². The van der Waals surface area contributed by atoms with Gasteiger partial charge in [-0.05, 0) is 6.07 Å². The minimum Gasteiger partial charge on any atom is -0.506 e. The number of halogens is 1. The van der Waals surface area contributed by atoms with Crippen LogP contribution in [0.25, 0.3) is 0 Å². The van der Waals surface area contributed by atoms with E-state index in [1.54, 1.807) is 26.0 Å². The zero-order chi connectivity index (χ0) is 12.3. The third-order valence-corrected chi connectivity index (χ3v) is 2.77. The maximum Gasteiger partial charge on any atom is 0.138 e.